The van der Waals surface area contributed by atoms with Gasteiger partial charge in [-0.1, -0.05) is 31.2 Å². The third-order valence-electron chi connectivity index (χ3n) is 7.11. The van der Waals surface area contributed by atoms with Crippen molar-refractivity contribution < 1.29 is 22.7 Å². The van der Waals surface area contributed by atoms with Gasteiger partial charge in [0.15, 0.2) is 9.84 Å². The van der Waals surface area contributed by atoms with E-state index in [1.165, 1.54) is 24.9 Å². The van der Waals surface area contributed by atoms with Gasteiger partial charge in [0.05, 0.1) is 11.5 Å². The Bertz CT molecular complexity index is 996. The lowest BCUT2D eigenvalue weighted by molar-refractivity contribution is 0.0628. The van der Waals surface area contributed by atoms with Crippen LogP contribution in [0.1, 0.15) is 39.0 Å². The molecule has 3 atom stereocenters. The minimum Gasteiger partial charge on any atom is -0.478 e. The predicted molar refractivity (Wildman–Crippen MR) is 126 cm³/mol. The fourth-order valence-corrected chi connectivity index (χ4v) is 5.43. The monoisotopic (exact) mass is 474 g/mol. The summed E-state index contributed by atoms with van der Waals surface area (Å²) in [5.41, 5.74) is -0.0999. The van der Waals surface area contributed by atoms with Gasteiger partial charge in [-0.2, -0.15) is 0 Å². The second-order valence-corrected chi connectivity index (χ2v) is 11.9. The summed E-state index contributed by atoms with van der Waals surface area (Å²) >= 11 is 0. The zero-order valence-electron chi connectivity index (χ0n) is 19.5. The van der Waals surface area contributed by atoms with Gasteiger partial charge in [0.25, 0.3) is 0 Å². The molecular formula is C25H34N2O5S. The summed E-state index contributed by atoms with van der Waals surface area (Å²) in [6.45, 7) is 4.66. The number of allylic oxidation sites excluding steroid dienone is 3. The Kier molecular flexibility index (Phi) is 7.12. The molecule has 2 heterocycles. The predicted octanol–water partition coefficient (Wildman–Crippen LogP) is 4.26. The van der Waals surface area contributed by atoms with Crippen LogP contribution < -0.4 is 4.74 Å². The number of carbonyl (C=O) groups is 1. The van der Waals surface area contributed by atoms with Crippen LogP contribution in [0.4, 0.5) is 4.79 Å². The number of pyridine rings is 1. The number of piperidine rings is 1. The molecule has 3 aliphatic rings. The topological polar surface area (TPSA) is 85.8 Å². The van der Waals surface area contributed by atoms with Gasteiger partial charge in [0, 0.05) is 37.0 Å². The van der Waals surface area contributed by atoms with Gasteiger partial charge >= 0.3 is 6.09 Å². The molecule has 0 aromatic carbocycles. The number of amides is 1. The number of rotatable bonds is 8. The molecule has 1 unspecified atom stereocenters. The first-order chi connectivity index (χ1) is 15.7. The Hall–Kier alpha value is -2.35. The standard InChI is InChI=1S/C25H34N2O5S/c1-25(11-4-3-5-12-25)18-32-24(28)27-13-8-19(9-14-27)22-16-20(22)10-15-31-23-7-6-21(17-26-23)33(2,29)30/h3-7,11,17,19-20,22H,8-10,12-16,18H2,1-2H3/t20-,22-,25?/m1/s1. The van der Waals surface area contributed by atoms with Crippen LogP contribution in [0, 0.1) is 23.2 Å². The lowest BCUT2D eigenvalue weighted by Crippen LogP contribution is -2.40. The Morgan fingerprint density at radius 1 is 1.24 bits per heavy atom. The fourth-order valence-electron chi connectivity index (χ4n) is 4.87. The molecule has 0 spiro atoms. The molecule has 8 heteroatoms. The molecule has 0 N–H and O–H groups in total. The Labute approximate surface area is 196 Å². The molecule has 0 radical (unpaired) electrons. The third-order valence-corrected chi connectivity index (χ3v) is 8.21. The molecule has 1 aromatic rings. The van der Waals surface area contributed by atoms with E-state index in [9.17, 15) is 13.2 Å². The summed E-state index contributed by atoms with van der Waals surface area (Å²) in [4.78, 5) is 18.6. The van der Waals surface area contributed by atoms with Crippen LogP contribution in [-0.2, 0) is 14.6 Å². The van der Waals surface area contributed by atoms with Crippen LogP contribution in [0.25, 0.3) is 0 Å². The maximum atomic E-state index is 12.5. The van der Waals surface area contributed by atoms with Crippen LogP contribution >= 0.6 is 0 Å². The molecular weight excluding hydrogens is 440 g/mol. The van der Waals surface area contributed by atoms with E-state index in [0.29, 0.717) is 36.8 Å². The highest BCUT2D eigenvalue weighted by atomic mass is 32.2. The Balaban J connectivity index is 1.13. The first-order valence-electron chi connectivity index (χ1n) is 11.8. The van der Waals surface area contributed by atoms with Gasteiger partial charge in [-0.3, -0.25) is 0 Å². The molecule has 33 heavy (non-hydrogen) atoms. The quantitative estimate of drug-likeness (QED) is 0.560. The van der Waals surface area contributed by atoms with E-state index in [4.69, 9.17) is 9.47 Å². The molecule has 1 aromatic heterocycles. The van der Waals surface area contributed by atoms with Crippen molar-refractivity contribution in [2.45, 2.75) is 43.9 Å². The first-order valence-corrected chi connectivity index (χ1v) is 13.7. The van der Waals surface area contributed by atoms with Crippen molar-refractivity contribution >= 4 is 15.9 Å². The van der Waals surface area contributed by atoms with E-state index >= 15 is 0 Å². The molecule has 7 nitrogen and oxygen atoms in total. The summed E-state index contributed by atoms with van der Waals surface area (Å²) in [5, 5.41) is 0. The number of ether oxygens (including phenoxy) is 2. The molecule has 180 valence electrons. The van der Waals surface area contributed by atoms with Crippen molar-refractivity contribution in [1.82, 2.24) is 9.88 Å². The highest BCUT2D eigenvalue weighted by Gasteiger charge is 2.43. The van der Waals surface area contributed by atoms with E-state index in [-0.39, 0.29) is 16.4 Å². The second-order valence-electron chi connectivity index (χ2n) is 9.93. The Morgan fingerprint density at radius 2 is 2.03 bits per heavy atom. The van der Waals surface area contributed by atoms with E-state index in [1.807, 2.05) is 17.1 Å². The maximum Gasteiger partial charge on any atom is 0.409 e. The Morgan fingerprint density at radius 3 is 2.67 bits per heavy atom. The molecule has 1 saturated heterocycles. The van der Waals surface area contributed by atoms with Crippen molar-refractivity contribution in [3.05, 3.63) is 42.6 Å². The highest BCUT2D eigenvalue weighted by Crippen LogP contribution is 2.49. The molecule has 4 rings (SSSR count). The number of hydrogen-bond acceptors (Lipinski definition) is 6. The van der Waals surface area contributed by atoms with E-state index in [1.54, 1.807) is 6.07 Å². The van der Waals surface area contributed by atoms with E-state index < -0.39 is 9.84 Å². The number of nitrogens with zero attached hydrogens (tertiary/aromatic N) is 2. The zero-order chi connectivity index (χ0) is 23.5. The number of carbonyl (C=O) groups excluding carboxylic acids is 1. The van der Waals surface area contributed by atoms with Gasteiger partial charge < -0.3 is 14.4 Å². The van der Waals surface area contributed by atoms with Crippen LogP contribution in [0.5, 0.6) is 5.88 Å². The minimum absolute atomic E-state index is 0.0999. The lowest BCUT2D eigenvalue weighted by atomic mass is 9.85. The maximum absolute atomic E-state index is 12.5. The van der Waals surface area contributed by atoms with Crippen molar-refractivity contribution in [3.63, 3.8) is 0 Å². The van der Waals surface area contributed by atoms with Crippen molar-refractivity contribution in [2.75, 3.05) is 32.6 Å². The van der Waals surface area contributed by atoms with Gasteiger partial charge in [-0.15, -0.1) is 0 Å². The lowest BCUT2D eigenvalue weighted by Gasteiger charge is -2.33. The molecule has 1 amide bonds. The first kappa shape index (κ1) is 23.8. The fraction of sp³-hybridized carbons (Fsp3) is 0.600. The second kappa shape index (κ2) is 9.87. The van der Waals surface area contributed by atoms with Crippen molar-refractivity contribution in [2.24, 2.45) is 23.2 Å². The van der Waals surface area contributed by atoms with Gasteiger partial charge in [-0.25, -0.2) is 18.2 Å². The molecule has 2 aliphatic carbocycles. The molecule has 0 bridgehead atoms. The third kappa shape index (κ3) is 6.37. The van der Waals surface area contributed by atoms with Crippen LogP contribution in [0.3, 0.4) is 0 Å². The van der Waals surface area contributed by atoms with Gasteiger partial charge in [0.2, 0.25) is 5.88 Å². The SMILES string of the molecule is CC1(COC(=O)N2CCC([C@H]3C[C@H]3CCOc3ccc(S(C)(=O)=O)cn3)CC2)C=CC=CC1. The van der Waals surface area contributed by atoms with E-state index in [0.717, 1.165) is 38.8 Å². The van der Waals surface area contributed by atoms with Crippen molar-refractivity contribution in [1.29, 1.82) is 0 Å². The number of hydrogen-bond donors (Lipinski definition) is 0. The number of aromatic nitrogens is 1. The summed E-state index contributed by atoms with van der Waals surface area (Å²) in [6.07, 6.45) is 15.8. The molecule has 1 aliphatic heterocycles. The summed E-state index contributed by atoms with van der Waals surface area (Å²) in [5.74, 6) is 2.50. The zero-order valence-corrected chi connectivity index (χ0v) is 20.3. The van der Waals surface area contributed by atoms with E-state index in [2.05, 4.69) is 24.1 Å². The average Bonchev–Trinajstić information content (AvgIpc) is 3.57. The smallest absolute Gasteiger partial charge is 0.409 e. The van der Waals surface area contributed by atoms with Crippen molar-refractivity contribution in [3.8, 4) is 5.88 Å². The number of likely N-dealkylation sites (tertiary alicyclic amines) is 1. The van der Waals surface area contributed by atoms with Crippen LogP contribution in [0.15, 0.2) is 47.5 Å². The minimum atomic E-state index is -3.24. The largest absolute Gasteiger partial charge is 0.478 e. The average molecular weight is 475 g/mol. The van der Waals surface area contributed by atoms with Gasteiger partial charge in [0.1, 0.15) is 6.61 Å². The van der Waals surface area contributed by atoms with Gasteiger partial charge in [-0.05, 0) is 55.9 Å². The summed E-state index contributed by atoms with van der Waals surface area (Å²) < 4.78 is 34.3. The normalized spacial score (nSPS) is 27.4. The molecule has 2 fully saturated rings. The van der Waals surface area contributed by atoms with Crippen LogP contribution in [-0.4, -0.2) is 57.0 Å². The number of sulfone groups is 1. The summed E-state index contributed by atoms with van der Waals surface area (Å²) in [6, 6.07) is 3.14. The highest BCUT2D eigenvalue weighted by molar-refractivity contribution is 7.90. The summed E-state index contributed by atoms with van der Waals surface area (Å²) in [7, 11) is -3.24. The molecule has 1 saturated carbocycles. The van der Waals surface area contributed by atoms with Crippen LogP contribution in [0.2, 0.25) is 0 Å².